The van der Waals surface area contributed by atoms with Crippen molar-refractivity contribution in [2.45, 2.75) is 58.4 Å². The van der Waals surface area contributed by atoms with Crippen LogP contribution in [-0.2, 0) is 4.79 Å². The molecule has 0 aromatic carbocycles. The minimum absolute atomic E-state index is 0.0623. The van der Waals surface area contributed by atoms with Gasteiger partial charge in [0.15, 0.2) is 0 Å². The fourth-order valence-corrected chi connectivity index (χ4v) is 1.52. The van der Waals surface area contributed by atoms with Crippen molar-refractivity contribution in [3.8, 4) is 0 Å². The molecule has 0 heterocycles. The molecule has 0 bridgehead atoms. The monoisotopic (exact) mass is 219 g/mol. The van der Waals surface area contributed by atoms with Crippen LogP contribution in [0, 0.1) is 0 Å². The van der Waals surface area contributed by atoms with Crippen LogP contribution in [0.25, 0.3) is 0 Å². The Balaban J connectivity index is 3.26. The molecule has 0 spiro atoms. The van der Waals surface area contributed by atoms with Gasteiger partial charge in [0.25, 0.3) is 0 Å². The van der Waals surface area contributed by atoms with Crippen LogP contribution in [0.15, 0.2) is 0 Å². The summed E-state index contributed by atoms with van der Waals surface area (Å²) in [6.07, 6.45) is 7.44. The molecule has 0 saturated heterocycles. The summed E-state index contributed by atoms with van der Waals surface area (Å²) in [5, 5.41) is 2.85. The molecule has 3 heteroatoms. The van der Waals surface area contributed by atoms with Crippen LogP contribution in [0.4, 0.5) is 0 Å². The lowest BCUT2D eigenvalue weighted by atomic mass is 10.1. The van der Waals surface area contributed by atoms with Crippen LogP contribution in [-0.4, -0.2) is 17.8 Å². The van der Waals surface area contributed by atoms with Crippen molar-refractivity contribution >= 4 is 17.5 Å². The van der Waals surface area contributed by atoms with Gasteiger partial charge in [-0.1, -0.05) is 39.0 Å². The highest BCUT2D eigenvalue weighted by Gasteiger charge is 2.04. The molecule has 1 N–H and O–H groups in total. The summed E-state index contributed by atoms with van der Waals surface area (Å²) < 4.78 is 0. The molecule has 0 aromatic rings. The first-order valence-corrected chi connectivity index (χ1v) is 6.09. The van der Waals surface area contributed by atoms with E-state index in [0.717, 1.165) is 6.42 Å². The SMILES string of the molecule is CCCCCCCC(C)NC(=O)CCl. The lowest BCUT2D eigenvalue weighted by Crippen LogP contribution is -2.33. The maximum absolute atomic E-state index is 10.9. The normalized spacial score (nSPS) is 12.5. The summed E-state index contributed by atoms with van der Waals surface area (Å²) in [6.45, 7) is 4.24. The van der Waals surface area contributed by atoms with E-state index in [4.69, 9.17) is 11.6 Å². The quantitative estimate of drug-likeness (QED) is 0.493. The molecular weight excluding hydrogens is 198 g/mol. The Hall–Kier alpha value is -0.240. The van der Waals surface area contributed by atoms with E-state index in [0.29, 0.717) is 0 Å². The smallest absolute Gasteiger partial charge is 0.235 e. The first-order valence-electron chi connectivity index (χ1n) is 5.56. The summed E-state index contributed by atoms with van der Waals surface area (Å²) >= 11 is 5.39. The van der Waals surface area contributed by atoms with E-state index in [1.54, 1.807) is 0 Å². The van der Waals surface area contributed by atoms with E-state index >= 15 is 0 Å². The van der Waals surface area contributed by atoms with Crippen molar-refractivity contribution in [3.05, 3.63) is 0 Å². The standard InChI is InChI=1S/C11H22ClNO/c1-3-4-5-6-7-8-10(2)13-11(14)9-12/h10H,3-9H2,1-2H3,(H,13,14). The fraction of sp³-hybridized carbons (Fsp3) is 0.909. The second-order valence-corrected chi connectivity index (χ2v) is 4.07. The number of nitrogens with one attached hydrogen (secondary N) is 1. The third kappa shape index (κ3) is 8.36. The number of halogens is 1. The van der Waals surface area contributed by atoms with E-state index in [2.05, 4.69) is 12.2 Å². The Bertz CT molecular complexity index is 150. The van der Waals surface area contributed by atoms with Crippen molar-refractivity contribution in [3.63, 3.8) is 0 Å². The zero-order chi connectivity index (χ0) is 10.8. The predicted octanol–water partition coefficient (Wildman–Crippen LogP) is 3.09. The fourth-order valence-electron chi connectivity index (χ4n) is 1.44. The molecule has 0 aromatic heterocycles. The first kappa shape index (κ1) is 13.8. The van der Waals surface area contributed by atoms with Crippen LogP contribution in [0.2, 0.25) is 0 Å². The molecule has 0 radical (unpaired) electrons. The van der Waals surface area contributed by atoms with Gasteiger partial charge in [0.05, 0.1) is 0 Å². The molecule has 0 aliphatic heterocycles. The van der Waals surface area contributed by atoms with Gasteiger partial charge in [0.1, 0.15) is 5.88 Å². The van der Waals surface area contributed by atoms with Crippen molar-refractivity contribution in [2.24, 2.45) is 0 Å². The van der Waals surface area contributed by atoms with Crippen molar-refractivity contribution in [1.82, 2.24) is 5.32 Å². The molecule has 84 valence electrons. The number of hydrogen-bond acceptors (Lipinski definition) is 1. The van der Waals surface area contributed by atoms with E-state index in [-0.39, 0.29) is 17.8 Å². The zero-order valence-electron chi connectivity index (χ0n) is 9.31. The topological polar surface area (TPSA) is 29.1 Å². The molecular formula is C11H22ClNO. The summed E-state index contributed by atoms with van der Waals surface area (Å²) in [4.78, 5) is 10.9. The van der Waals surface area contributed by atoms with Gasteiger partial charge in [-0.3, -0.25) is 4.79 Å². The Morgan fingerprint density at radius 1 is 1.29 bits per heavy atom. The lowest BCUT2D eigenvalue weighted by Gasteiger charge is -2.12. The van der Waals surface area contributed by atoms with Crippen molar-refractivity contribution in [1.29, 1.82) is 0 Å². The minimum atomic E-state index is -0.0623. The van der Waals surface area contributed by atoms with Crippen LogP contribution >= 0.6 is 11.6 Å². The third-order valence-corrected chi connectivity index (χ3v) is 2.51. The van der Waals surface area contributed by atoms with Gasteiger partial charge < -0.3 is 5.32 Å². The number of hydrogen-bond donors (Lipinski definition) is 1. The zero-order valence-corrected chi connectivity index (χ0v) is 10.1. The molecule has 0 saturated carbocycles. The number of amides is 1. The highest BCUT2D eigenvalue weighted by molar-refractivity contribution is 6.27. The van der Waals surface area contributed by atoms with Gasteiger partial charge in [0.2, 0.25) is 5.91 Å². The second kappa shape index (κ2) is 9.32. The van der Waals surface area contributed by atoms with Crippen molar-refractivity contribution in [2.75, 3.05) is 5.88 Å². The molecule has 0 fully saturated rings. The second-order valence-electron chi connectivity index (χ2n) is 3.81. The number of unbranched alkanes of at least 4 members (excludes halogenated alkanes) is 4. The molecule has 0 rings (SSSR count). The predicted molar refractivity (Wildman–Crippen MR) is 61.7 cm³/mol. The summed E-state index contributed by atoms with van der Waals surface area (Å²) in [5.41, 5.74) is 0. The van der Waals surface area contributed by atoms with Crippen molar-refractivity contribution < 1.29 is 4.79 Å². The first-order chi connectivity index (χ1) is 6.70. The van der Waals surface area contributed by atoms with Gasteiger partial charge in [0, 0.05) is 6.04 Å². The van der Waals surface area contributed by atoms with Crippen LogP contribution in [0.5, 0.6) is 0 Å². The van der Waals surface area contributed by atoms with Gasteiger partial charge in [-0.15, -0.1) is 11.6 Å². The van der Waals surface area contributed by atoms with E-state index in [9.17, 15) is 4.79 Å². The van der Waals surface area contributed by atoms with Gasteiger partial charge in [-0.25, -0.2) is 0 Å². The van der Waals surface area contributed by atoms with Crippen LogP contribution in [0.3, 0.4) is 0 Å². The van der Waals surface area contributed by atoms with Crippen LogP contribution in [0.1, 0.15) is 52.4 Å². The maximum atomic E-state index is 10.9. The average Bonchev–Trinajstić information content (AvgIpc) is 2.17. The molecule has 0 aliphatic rings. The summed E-state index contributed by atoms with van der Waals surface area (Å²) in [6, 6.07) is 0.267. The summed E-state index contributed by atoms with van der Waals surface area (Å²) in [7, 11) is 0. The molecule has 14 heavy (non-hydrogen) atoms. The maximum Gasteiger partial charge on any atom is 0.235 e. The van der Waals surface area contributed by atoms with E-state index in [1.807, 2.05) is 6.92 Å². The summed E-state index contributed by atoms with van der Waals surface area (Å²) in [5.74, 6) is 0.00733. The molecule has 1 atom stereocenters. The van der Waals surface area contributed by atoms with Crippen LogP contribution < -0.4 is 5.32 Å². The van der Waals surface area contributed by atoms with Gasteiger partial charge >= 0.3 is 0 Å². The Kier molecular flexibility index (Phi) is 9.16. The molecule has 1 unspecified atom stereocenters. The Labute approximate surface area is 92.4 Å². The largest absolute Gasteiger partial charge is 0.353 e. The van der Waals surface area contributed by atoms with Gasteiger partial charge in [-0.2, -0.15) is 0 Å². The lowest BCUT2D eigenvalue weighted by molar-refractivity contribution is -0.119. The van der Waals surface area contributed by atoms with E-state index in [1.165, 1.54) is 32.1 Å². The number of carbonyl (C=O) groups excluding carboxylic acids is 1. The Morgan fingerprint density at radius 3 is 2.50 bits per heavy atom. The molecule has 1 amide bonds. The number of rotatable bonds is 8. The number of carbonyl (C=O) groups is 1. The number of alkyl halides is 1. The molecule has 0 aliphatic carbocycles. The third-order valence-electron chi connectivity index (χ3n) is 2.27. The Morgan fingerprint density at radius 2 is 1.93 bits per heavy atom. The highest BCUT2D eigenvalue weighted by atomic mass is 35.5. The molecule has 2 nitrogen and oxygen atoms in total. The average molecular weight is 220 g/mol. The minimum Gasteiger partial charge on any atom is -0.353 e. The van der Waals surface area contributed by atoms with E-state index < -0.39 is 0 Å². The van der Waals surface area contributed by atoms with Gasteiger partial charge in [-0.05, 0) is 13.3 Å². The highest BCUT2D eigenvalue weighted by Crippen LogP contribution is 2.06.